The lowest BCUT2D eigenvalue weighted by Crippen LogP contribution is -2.13. The van der Waals surface area contributed by atoms with Crippen molar-refractivity contribution in [2.24, 2.45) is 5.73 Å². The number of rotatable bonds is 8. The molecule has 0 aliphatic heterocycles. The molecule has 6 heteroatoms. The molecule has 0 saturated carbocycles. The molecule has 1 heterocycles. The van der Waals surface area contributed by atoms with E-state index in [-0.39, 0.29) is 0 Å². The third kappa shape index (κ3) is 4.06. The molecule has 29 heavy (non-hydrogen) atoms. The molecule has 152 valence electrons. The molecule has 0 saturated heterocycles. The maximum absolute atomic E-state index is 12.0. The van der Waals surface area contributed by atoms with Gasteiger partial charge in [-0.15, -0.1) is 0 Å². The molecule has 0 unspecified atom stereocenters. The minimum Gasteiger partial charge on any atom is -0.497 e. The van der Waals surface area contributed by atoms with E-state index >= 15 is 0 Å². The first-order chi connectivity index (χ1) is 14.0. The number of hydrogen-bond acceptors (Lipinski definition) is 4. The van der Waals surface area contributed by atoms with Crippen molar-refractivity contribution in [3.8, 4) is 28.5 Å². The Hall–Kier alpha value is -3.41. The van der Waals surface area contributed by atoms with Crippen LogP contribution in [0.2, 0.25) is 0 Å². The molecule has 3 rings (SSSR count). The number of primary amides is 1. The van der Waals surface area contributed by atoms with Crippen LogP contribution in [0.3, 0.4) is 0 Å². The Morgan fingerprint density at radius 3 is 2.34 bits per heavy atom. The number of amides is 1. The van der Waals surface area contributed by atoms with Gasteiger partial charge in [0.1, 0.15) is 17.2 Å². The van der Waals surface area contributed by atoms with Gasteiger partial charge in [-0.05, 0) is 49.2 Å². The largest absolute Gasteiger partial charge is 0.497 e. The molecular formula is C23H26N2O4. The van der Waals surface area contributed by atoms with E-state index in [9.17, 15) is 4.79 Å². The summed E-state index contributed by atoms with van der Waals surface area (Å²) < 4.78 is 18.5. The van der Waals surface area contributed by atoms with E-state index in [4.69, 9.17) is 19.9 Å². The fourth-order valence-corrected chi connectivity index (χ4v) is 3.56. The minimum atomic E-state index is -0.457. The number of hydrogen-bond donors (Lipinski definition) is 1. The average molecular weight is 394 g/mol. The molecule has 0 atom stereocenters. The maximum atomic E-state index is 12.0. The number of nitrogens with zero attached hydrogens (tertiary/aromatic N) is 1. The van der Waals surface area contributed by atoms with Gasteiger partial charge in [-0.2, -0.15) is 0 Å². The molecule has 1 amide bonds. The minimum absolute atomic E-state index is 0.457. The van der Waals surface area contributed by atoms with Gasteiger partial charge in [-0.25, -0.2) is 0 Å². The molecule has 0 aliphatic rings. The van der Waals surface area contributed by atoms with Gasteiger partial charge in [-0.3, -0.25) is 4.79 Å². The smallest absolute Gasteiger partial charge is 0.250 e. The molecule has 0 bridgehead atoms. The normalized spacial score (nSPS) is 10.6. The SMILES string of the molecule is COc1ccc(OC)c(-c2cc(C(N)=O)c(C)n2CCc2ccccc2OC)c1. The standard InChI is InChI=1S/C23H26N2O4/c1-15-18(23(24)26)14-20(19-13-17(27-2)9-10-22(19)29-4)25(15)12-11-16-7-5-6-8-21(16)28-3/h5-10,13-14H,11-12H2,1-4H3,(H2,24,26). The summed E-state index contributed by atoms with van der Waals surface area (Å²) in [4.78, 5) is 12.0. The third-order valence-electron chi connectivity index (χ3n) is 5.11. The van der Waals surface area contributed by atoms with Gasteiger partial charge >= 0.3 is 0 Å². The van der Waals surface area contributed by atoms with Crippen LogP contribution in [0.5, 0.6) is 17.2 Å². The molecule has 3 aromatic rings. The zero-order chi connectivity index (χ0) is 21.0. The highest BCUT2D eigenvalue weighted by molar-refractivity contribution is 5.96. The number of carbonyl (C=O) groups is 1. The van der Waals surface area contributed by atoms with Crippen molar-refractivity contribution in [3.63, 3.8) is 0 Å². The summed E-state index contributed by atoms with van der Waals surface area (Å²) in [5, 5.41) is 0. The van der Waals surface area contributed by atoms with E-state index in [1.54, 1.807) is 21.3 Å². The lowest BCUT2D eigenvalue weighted by Gasteiger charge is -2.16. The van der Waals surface area contributed by atoms with E-state index in [1.807, 2.05) is 55.5 Å². The molecule has 0 fully saturated rings. The van der Waals surface area contributed by atoms with Crippen molar-refractivity contribution in [1.82, 2.24) is 4.57 Å². The van der Waals surface area contributed by atoms with Gasteiger partial charge in [0.25, 0.3) is 5.91 Å². The number of methoxy groups -OCH3 is 3. The number of nitrogens with two attached hydrogens (primary N) is 1. The zero-order valence-corrected chi connectivity index (χ0v) is 17.2. The second-order valence-electron chi connectivity index (χ2n) is 6.67. The van der Waals surface area contributed by atoms with Crippen LogP contribution >= 0.6 is 0 Å². The summed E-state index contributed by atoms with van der Waals surface area (Å²) in [6.45, 7) is 2.55. The maximum Gasteiger partial charge on any atom is 0.250 e. The first kappa shape index (κ1) is 20.3. The Bertz CT molecular complexity index is 1020. The van der Waals surface area contributed by atoms with Crippen LogP contribution < -0.4 is 19.9 Å². The summed E-state index contributed by atoms with van der Waals surface area (Å²) in [6, 6.07) is 15.3. The van der Waals surface area contributed by atoms with Crippen molar-refractivity contribution in [2.45, 2.75) is 19.9 Å². The second kappa shape index (κ2) is 8.73. The van der Waals surface area contributed by atoms with Gasteiger partial charge in [-0.1, -0.05) is 18.2 Å². The number of benzene rings is 2. The number of aromatic nitrogens is 1. The molecular weight excluding hydrogens is 368 g/mol. The highest BCUT2D eigenvalue weighted by Gasteiger charge is 2.20. The molecule has 1 aromatic heterocycles. The Labute approximate surface area is 170 Å². The molecule has 0 aliphatic carbocycles. The lowest BCUT2D eigenvalue weighted by atomic mass is 10.1. The summed E-state index contributed by atoms with van der Waals surface area (Å²) >= 11 is 0. The summed E-state index contributed by atoms with van der Waals surface area (Å²) in [5.74, 6) is 1.78. The average Bonchev–Trinajstić information content (AvgIpc) is 3.08. The second-order valence-corrected chi connectivity index (χ2v) is 6.67. The summed E-state index contributed by atoms with van der Waals surface area (Å²) in [7, 11) is 4.90. The van der Waals surface area contributed by atoms with Gasteiger partial charge in [0.15, 0.2) is 0 Å². The van der Waals surface area contributed by atoms with Crippen molar-refractivity contribution in [3.05, 3.63) is 65.4 Å². The van der Waals surface area contributed by atoms with Crippen LogP contribution in [-0.4, -0.2) is 31.8 Å². The Morgan fingerprint density at radius 1 is 0.966 bits per heavy atom. The van der Waals surface area contributed by atoms with E-state index in [0.29, 0.717) is 23.6 Å². The fraction of sp³-hybridized carbons (Fsp3) is 0.261. The number of para-hydroxylation sites is 1. The molecule has 2 aromatic carbocycles. The van der Waals surface area contributed by atoms with E-state index in [2.05, 4.69) is 4.57 Å². The summed E-state index contributed by atoms with van der Waals surface area (Å²) in [6.07, 6.45) is 0.733. The van der Waals surface area contributed by atoms with E-state index < -0.39 is 5.91 Å². The number of carbonyl (C=O) groups excluding carboxylic acids is 1. The van der Waals surface area contributed by atoms with E-state index in [1.165, 1.54) is 0 Å². The molecule has 0 radical (unpaired) electrons. The van der Waals surface area contributed by atoms with Gasteiger partial charge in [0.2, 0.25) is 0 Å². The first-order valence-corrected chi connectivity index (χ1v) is 9.34. The van der Waals surface area contributed by atoms with Crippen LogP contribution in [0.1, 0.15) is 21.6 Å². The van der Waals surface area contributed by atoms with Crippen LogP contribution in [0.25, 0.3) is 11.3 Å². The van der Waals surface area contributed by atoms with Crippen LogP contribution in [0.15, 0.2) is 48.5 Å². The van der Waals surface area contributed by atoms with Crippen molar-refractivity contribution >= 4 is 5.91 Å². The molecule has 2 N–H and O–H groups in total. The van der Waals surface area contributed by atoms with Crippen molar-refractivity contribution in [1.29, 1.82) is 0 Å². The monoisotopic (exact) mass is 394 g/mol. The molecule has 0 spiro atoms. The van der Waals surface area contributed by atoms with Gasteiger partial charge < -0.3 is 24.5 Å². The van der Waals surface area contributed by atoms with E-state index in [0.717, 1.165) is 34.7 Å². The predicted molar refractivity (Wildman–Crippen MR) is 113 cm³/mol. The summed E-state index contributed by atoms with van der Waals surface area (Å²) in [5.41, 5.74) is 9.70. The fourth-order valence-electron chi connectivity index (χ4n) is 3.56. The zero-order valence-electron chi connectivity index (χ0n) is 17.2. The Kier molecular flexibility index (Phi) is 6.12. The topological polar surface area (TPSA) is 75.7 Å². The highest BCUT2D eigenvalue weighted by atomic mass is 16.5. The Balaban J connectivity index is 2.09. The number of ether oxygens (including phenoxy) is 3. The third-order valence-corrected chi connectivity index (χ3v) is 5.11. The number of aryl methyl sites for hydroxylation is 1. The van der Waals surface area contributed by atoms with Crippen LogP contribution in [0.4, 0.5) is 0 Å². The Morgan fingerprint density at radius 2 is 1.69 bits per heavy atom. The van der Waals surface area contributed by atoms with Crippen molar-refractivity contribution in [2.75, 3.05) is 21.3 Å². The predicted octanol–water partition coefficient (Wildman–Crippen LogP) is 3.83. The van der Waals surface area contributed by atoms with Gasteiger partial charge in [0.05, 0.1) is 32.6 Å². The van der Waals surface area contributed by atoms with Crippen molar-refractivity contribution < 1.29 is 19.0 Å². The highest BCUT2D eigenvalue weighted by Crippen LogP contribution is 2.36. The van der Waals surface area contributed by atoms with Gasteiger partial charge in [0, 0.05) is 17.8 Å². The van der Waals surface area contributed by atoms with Crippen LogP contribution in [-0.2, 0) is 13.0 Å². The van der Waals surface area contributed by atoms with Crippen LogP contribution in [0, 0.1) is 6.92 Å². The lowest BCUT2D eigenvalue weighted by molar-refractivity contribution is 0.0999. The quantitative estimate of drug-likeness (QED) is 0.630. The molecule has 6 nitrogen and oxygen atoms in total. The first-order valence-electron chi connectivity index (χ1n) is 9.34.